The third kappa shape index (κ3) is 1.25. The van der Waals surface area contributed by atoms with E-state index in [1.807, 2.05) is 31.8 Å². The Labute approximate surface area is 84.5 Å². The molecule has 3 heteroatoms. The molecule has 0 spiro atoms. The Kier molecular flexibility index (Phi) is 2.51. The van der Waals surface area contributed by atoms with Crippen molar-refractivity contribution >= 4 is 16.6 Å². The predicted octanol–water partition coefficient (Wildman–Crippen LogP) is 2.41. The molecular weight excluding hydrogens is 174 g/mol. The Balaban J connectivity index is 0.000000980. The summed E-state index contributed by atoms with van der Waals surface area (Å²) in [6.45, 7) is 4.06. The van der Waals surface area contributed by atoms with Gasteiger partial charge in [-0.2, -0.15) is 5.10 Å². The Hall–Kier alpha value is -1.51. The first-order valence-corrected chi connectivity index (χ1v) is 4.28. The van der Waals surface area contributed by atoms with Crippen molar-refractivity contribution in [3.63, 3.8) is 0 Å². The Morgan fingerprint density at radius 2 is 2.00 bits per heavy atom. The van der Waals surface area contributed by atoms with Crippen molar-refractivity contribution in [1.82, 2.24) is 9.78 Å². The molecule has 1 aromatic heterocycles. The molecule has 0 saturated carbocycles. The van der Waals surface area contributed by atoms with Crippen molar-refractivity contribution in [2.24, 2.45) is 7.05 Å². The first kappa shape index (κ1) is 10.6. The van der Waals surface area contributed by atoms with Crippen molar-refractivity contribution in [1.29, 1.82) is 0 Å². The number of nitrogens with zero attached hydrogens (tertiary/aromatic N) is 2. The van der Waals surface area contributed by atoms with Crippen molar-refractivity contribution in [3.8, 4) is 0 Å². The molecule has 0 saturated heterocycles. The van der Waals surface area contributed by atoms with Gasteiger partial charge in [0.2, 0.25) is 0 Å². The summed E-state index contributed by atoms with van der Waals surface area (Å²) in [5, 5.41) is 5.36. The first-order chi connectivity index (χ1) is 6.11. The lowest BCUT2D eigenvalue weighted by atomic mass is 10.1. The van der Waals surface area contributed by atoms with Gasteiger partial charge in [-0.15, -0.1) is 0 Å². The van der Waals surface area contributed by atoms with Crippen molar-refractivity contribution in [3.05, 3.63) is 23.4 Å². The average molecular weight is 191 g/mol. The van der Waals surface area contributed by atoms with Crippen LogP contribution in [0, 0.1) is 13.8 Å². The van der Waals surface area contributed by atoms with Gasteiger partial charge in [0.05, 0.1) is 11.7 Å². The van der Waals surface area contributed by atoms with Crippen LogP contribution in [0.5, 0.6) is 0 Å². The van der Waals surface area contributed by atoms with E-state index in [2.05, 4.69) is 11.2 Å². The van der Waals surface area contributed by atoms with Crippen LogP contribution in [-0.2, 0) is 7.05 Å². The molecule has 0 aliphatic rings. The van der Waals surface area contributed by atoms with Crippen LogP contribution in [0.1, 0.15) is 18.6 Å². The number of rotatable bonds is 0. The summed E-state index contributed by atoms with van der Waals surface area (Å²) in [6, 6.07) is 2.07. The van der Waals surface area contributed by atoms with Gasteiger partial charge >= 0.3 is 0 Å². The number of nitrogen functional groups attached to an aromatic ring is 1. The zero-order valence-corrected chi connectivity index (χ0v) is 8.13. The SMILES string of the molecule is C.Cc1cc2cnn(C)c2c(C)c1N. The maximum Gasteiger partial charge on any atom is 0.0728 e. The Morgan fingerprint density at radius 1 is 1.36 bits per heavy atom. The number of benzene rings is 1. The van der Waals surface area contributed by atoms with E-state index in [0.717, 1.165) is 27.7 Å². The van der Waals surface area contributed by atoms with Gasteiger partial charge in [0.1, 0.15) is 0 Å². The molecule has 0 unspecified atom stereocenters. The van der Waals surface area contributed by atoms with E-state index in [1.165, 1.54) is 0 Å². The quantitative estimate of drug-likeness (QED) is 0.650. The second kappa shape index (κ2) is 3.33. The van der Waals surface area contributed by atoms with Crippen LogP contribution < -0.4 is 5.73 Å². The number of aromatic nitrogens is 2. The highest BCUT2D eigenvalue weighted by Gasteiger charge is 2.07. The summed E-state index contributed by atoms with van der Waals surface area (Å²) < 4.78 is 1.86. The Bertz CT molecular complexity index is 469. The summed E-state index contributed by atoms with van der Waals surface area (Å²) in [5.41, 5.74) is 10.2. The van der Waals surface area contributed by atoms with E-state index in [0.29, 0.717) is 0 Å². The highest BCUT2D eigenvalue weighted by molar-refractivity contribution is 5.87. The van der Waals surface area contributed by atoms with E-state index >= 15 is 0 Å². The fraction of sp³-hybridized carbons (Fsp3) is 0.364. The summed E-state index contributed by atoms with van der Waals surface area (Å²) in [5.74, 6) is 0. The topological polar surface area (TPSA) is 43.8 Å². The smallest absolute Gasteiger partial charge is 0.0728 e. The maximum atomic E-state index is 5.93. The molecule has 76 valence electrons. The molecule has 0 bridgehead atoms. The maximum absolute atomic E-state index is 5.93. The number of nitrogens with two attached hydrogens (primary N) is 1. The lowest BCUT2D eigenvalue weighted by Gasteiger charge is -2.06. The number of anilines is 1. The molecule has 0 fully saturated rings. The minimum absolute atomic E-state index is 0. The molecule has 3 nitrogen and oxygen atoms in total. The van der Waals surface area contributed by atoms with Gasteiger partial charge in [0, 0.05) is 18.1 Å². The zero-order valence-electron chi connectivity index (χ0n) is 8.13. The Morgan fingerprint density at radius 3 is 2.64 bits per heavy atom. The number of hydrogen-bond donors (Lipinski definition) is 1. The van der Waals surface area contributed by atoms with Crippen LogP contribution in [-0.4, -0.2) is 9.78 Å². The minimum Gasteiger partial charge on any atom is -0.398 e. The molecule has 2 N–H and O–H groups in total. The second-order valence-electron chi connectivity index (χ2n) is 3.44. The molecule has 0 atom stereocenters. The summed E-state index contributed by atoms with van der Waals surface area (Å²) >= 11 is 0. The highest BCUT2D eigenvalue weighted by atomic mass is 15.2. The molecule has 0 aliphatic carbocycles. The highest BCUT2D eigenvalue weighted by Crippen LogP contribution is 2.25. The van der Waals surface area contributed by atoms with E-state index < -0.39 is 0 Å². The van der Waals surface area contributed by atoms with E-state index in [1.54, 1.807) is 0 Å². The molecule has 1 aromatic carbocycles. The van der Waals surface area contributed by atoms with Crippen LogP contribution in [0.2, 0.25) is 0 Å². The first-order valence-electron chi connectivity index (χ1n) is 4.28. The van der Waals surface area contributed by atoms with Crippen LogP contribution in [0.25, 0.3) is 10.9 Å². The number of aryl methyl sites for hydroxylation is 3. The summed E-state index contributed by atoms with van der Waals surface area (Å²) in [7, 11) is 1.93. The molecule has 0 radical (unpaired) electrons. The van der Waals surface area contributed by atoms with E-state index in [4.69, 9.17) is 5.73 Å². The van der Waals surface area contributed by atoms with Crippen LogP contribution >= 0.6 is 0 Å². The monoisotopic (exact) mass is 191 g/mol. The van der Waals surface area contributed by atoms with Gasteiger partial charge < -0.3 is 5.73 Å². The van der Waals surface area contributed by atoms with Crippen molar-refractivity contribution < 1.29 is 0 Å². The normalized spacial score (nSPS) is 10.2. The van der Waals surface area contributed by atoms with Gasteiger partial charge in [-0.05, 0) is 31.0 Å². The molecular formula is C11H17N3. The molecule has 0 aliphatic heterocycles. The third-order valence-corrected chi connectivity index (χ3v) is 2.52. The fourth-order valence-corrected chi connectivity index (χ4v) is 1.75. The summed E-state index contributed by atoms with van der Waals surface area (Å²) in [4.78, 5) is 0. The van der Waals surface area contributed by atoms with Crippen LogP contribution in [0.4, 0.5) is 5.69 Å². The largest absolute Gasteiger partial charge is 0.398 e. The van der Waals surface area contributed by atoms with Crippen LogP contribution in [0.3, 0.4) is 0 Å². The minimum atomic E-state index is 0. The van der Waals surface area contributed by atoms with E-state index in [9.17, 15) is 0 Å². The molecule has 14 heavy (non-hydrogen) atoms. The second-order valence-corrected chi connectivity index (χ2v) is 3.44. The summed E-state index contributed by atoms with van der Waals surface area (Å²) in [6.07, 6.45) is 1.87. The lowest BCUT2D eigenvalue weighted by Crippen LogP contribution is -1.97. The van der Waals surface area contributed by atoms with E-state index in [-0.39, 0.29) is 7.43 Å². The van der Waals surface area contributed by atoms with Gasteiger partial charge in [0.15, 0.2) is 0 Å². The van der Waals surface area contributed by atoms with Crippen molar-refractivity contribution in [2.45, 2.75) is 21.3 Å². The van der Waals surface area contributed by atoms with Crippen LogP contribution in [0.15, 0.2) is 12.3 Å². The number of fused-ring (bicyclic) bond motifs is 1. The van der Waals surface area contributed by atoms with Crippen molar-refractivity contribution in [2.75, 3.05) is 5.73 Å². The van der Waals surface area contributed by atoms with Gasteiger partial charge in [-0.25, -0.2) is 0 Å². The molecule has 2 rings (SSSR count). The average Bonchev–Trinajstić information content (AvgIpc) is 2.43. The lowest BCUT2D eigenvalue weighted by molar-refractivity contribution is 0.795. The van der Waals surface area contributed by atoms with Gasteiger partial charge in [-0.3, -0.25) is 4.68 Å². The van der Waals surface area contributed by atoms with Gasteiger partial charge in [0.25, 0.3) is 0 Å². The standard InChI is InChI=1S/C10H13N3.CH4/c1-6-4-8-5-12-13(3)10(8)7(2)9(6)11;/h4-5H,11H2,1-3H3;1H4. The molecule has 1 heterocycles. The predicted molar refractivity (Wildman–Crippen MR) is 61.3 cm³/mol. The molecule has 2 aromatic rings. The zero-order chi connectivity index (χ0) is 9.59. The third-order valence-electron chi connectivity index (χ3n) is 2.52. The number of hydrogen-bond acceptors (Lipinski definition) is 2. The fourth-order valence-electron chi connectivity index (χ4n) is 1.75. The molecule has 0 amide bonds. The van der Waals surface area contributed by atoms with Gasteiger partial charge in [-0.1, -0.05) is 7.43 Å².